The Hall–Kier alpha value is -1.42. The van der Waals surface area contributed by atoms with E-state index < -0.39 is 0 Å². The van der Waals surface area contributed by atoms with Crippen molar-refractivity contribution in [3.8, 4) is 5.75 Å². The van der Waals surface area contributed by atoms with E-state index in [0.29, 0.717) is 11.6 Å². The molecule has 1 unspecified atom stereocenters. The molecule has 1 saturated heterocycles. The minimum Gasteiger partial charge on any atom is -0.508 e. The van der Waals surface area contributed by atoms with E-state index in [1.807, 2.05) is 4.90 Å². The van der Waals surface area contributed by atoms with Crippen molar-refractivity contribution in [1.29, 1.82) is 0 Å². The molecular formula is C11H13ClN2O2. The second kappa shape index (κ2) is 4.22. The van der Waals surface area contributed by atoms with Gasteiger partial charge in [-0.2, -0.15) is 0 Å². The number of phenols is 1. The van der Waals surface area contributed by atoms with Crippen molar-refractivity contribution in [2.75, 3.05) is 18.0 Å². The van der Waals surface area contributed by atoms with Crippen LogP contribution in [0.2, 0.25) is 5.02 Å². The van der Waals surface area contributed by atoms with Gasteiger partial charge in [0.05, 0.1) is 16.6 Å². The summed E-state index contributed by atoms with van der Waals surface area (Å²) in [5.41, 5.74) is 6.01. The van der Waals surface area contributed by atoms with Gasteiger partial charge in [-0.1, -0.05) is 11.6 Å². The molecule has 3 N–H and O–H groups in total. The predicted octanol–water partition coefficient (Wildman–Crippen LogP) is 1.36. The van der Waals surface area contributed by atoms with Crippen molar-refractivity contribution in [2.24, 2.45) is 11.7 Å². The van der Waals surface area contributed by atoms with Crippen LogP contribution in [-0.4, -0.2) is 24.1 Å². The Morgan fingerprint density at radius 1 is 1.56 bits per heavy atom. The molecule has 0 aromatic heterocycles. The zero-order valence-corrected chi connectivity index (χ0v) is 9.44. The number of amides is 1. The first-order valence-corrected chi connectivity index (χ1v) is 5.48. The summed E-state index contributed by atoms with van der Waals surface area (Å²) in [6.45, 7) is 1.30. The number of anilines is 1. The van der Waals surface area contributed by atoms with Crippen LogP contribution < -0.4 is 10.6 Å². The summed E-state index contributed by atoms with van der Waals surface area (Å²) in [6, 6.07) is 4.78. The van der Waals surface area contributed by atoms with Crippen molar-refractivity contribution >= 4 is 23.2 Å². The molecule has 0 bridgehead atoms. The molecule has 1 aliphatic heterocycles. The fourth-order valence-electron chi connectivity index (χ4n) is 1.95. The second-order valence-corrected chi connectivity index (χ2v) is 4.38. The van der Waals surface area contributed by atoms with Crippen LogP contribution in [0.15, 0.2) is 18.2 Å². The quantitative estimate of drug-likeness (QED) is 0.820. The van der Waals surface area contributed by atoms with E-state index in [9.17, 15) is 9.90 Å². The van der Waals surface area contributed by atoms with Crippen LogP contribution in [0.4, 0.5) is 5.69 Å². The van der Waals surface area contributed by atoms with Crippen molar-refractivity contribution < 1.29 is 9.90 Å². The highest BCUT2D eigenvalue weighted by Gasteiger charge is 2.27. The maximum Gasteiger partial charge on any atom is 0.222 e. The summed E-state index contributed by atoms with van der Waals surface area (Å²) < 4.78 is 0. The van der Waals surface area contributed by atoms with Crippen LogP contribution in [0, 0.1) is 5.92 Å². The molecule has 1 aliphatic rings. The minimum absolute atomic E-state index is 0.126. The van der Waals surface area contributed by atoms with Crippen LogP contribution >= 0.6 is 11.6 Å². The van der Waals surface area contributed by atoms with Gasteiger partial charge in [0.15, 0.2) is 0 Å². The number of carbonyl (C=O) groups is 1. The van der Waals surface area contributed by atoms with Crippen LogP contribution in [0.3, 0.4) is 0 Å². The fourth-order valence-corrected chi connectivity index (χ4v) is 2.19. The summed E-state index contributed by atoms with van der Waals surface area (Å²) >= 11 is 6.03. The number of nitrogens with zero attached hydrogens (tertiary/aromatic N) is 1. The summed E-state index contributed by atoms with van der Waals surface area (Å²) in [6.07, 6.45) is 0.737. The summed E-state index contributed by atoms with van der Waals surface area (Å²) in [5.74, 6) is -0.237. The zero-order valence-electron chi connectivity index (χ0n) is 8.69. The molecule has 1 amide bonds. The molecule has 1 aromatic carbocycles. The molecular weight excluding hydrogens is 228 g/mol. The Morgan fingerprint density at radius 2 is 2.31 bits per heavy atom. The summed E-state index contributed by atoms with van der Waals surface area (Å²) in [5, 5.41) is 9.97. The lowest BCUT2D eigenvalue weighted by molar-refractivity contribution is -0.121. The number of phenolic OH excluding ortho intramolecular Hbond substituents is 1. The molecule has 0 spiro atoms. The Labute approximate surface area is 98.6 Å². The van der Waals surface area contributed by atoms with Gasteiger partial charge in [-0.15, -0.1) is 0 Å². The minimum atomic E-state index is -0.279. The van der Waals surface area contributed by atoms with Gasteiger partial charge in [-0.3, -0.25) is 4.79 Å². The van der Waals surface area contributed by atoms with Crippen molar-refractivity contribution in [2.45, 2.75) is 6.42 Å². The Balaban J connectivity index is 2.20. The molecule has 86 valence electrons. The van der Waals surface area contributed by atoms with Gasteiger partial charge in [-0.05, 0) is 18.6 Å². The fraction of sp³-hybridized carbons (Fsp3) is 0.364. The third-order valence-corrected chi connectivity index (χ3v) is 3.18. The van der Waals surface area contributed by atoms with Crippen LogP contribution in [0.1, 0.15) is 6.42 Å². The topological polar surface area (TPSA) is 66.6 Å². The van der Waals surface area contributed by atoms with Gasteiger partial charge in [0.2, 0.25) is 5.91 Å². The lowest BCUT2D eigenvalue weighted by Crippen LogP contribution is -2.27. The number of carbonyl (C=O) groups excluding carboxylic acids is 1. The van der Waals surface area contributed by atoms with Gasteiger partial charge in [0.1, 0.15) is 5.75 Å². The largest absolute Gasteiger partial charge is 0.508 e. The number of rotatable bonds is 2. The molecule has 1 aromatic rings. The summed E-state index contributed by atoms with van der Waals surface area (Å²) in [7, 11) is 0. The summed E-state index contributed by atoms with van der Waals surface area (Å²) in [4.78, 5) is 13.0. The van der Waals surface area contributed by atoms with Gasteiger partial charge < -0.3 is 15.7 Å². The van der Waals surface area contributed by atoms with Crippen LogP contribution in [0.25, 0.3) is 0 Å². The Morgan fingerprint density at radius 3 is 2.94 bits per heavy atom. The van der Waals surface area contributed by atoms with Crippen LogP contribution in [0.5, 0.6) is 5.75 Å². The molecule has 0 aliphatic carbocycles. The Bertz CT molecular complexity index is 422. The molecule has 5 heteroatoms. The third kappa shape index (κ3) is 2.07. The first-order chi connectivity index (χ1) is 7.58. The number of hydrogen-bond donors (Lipinski definition) is 2. The highest BCUT2D eigenvalue weighted by atomic mass is 35.5. The number of nitrogens with two attached hydrogens (primary N) is 1. The molecule has 1 atom stereocenters. The van der Waals surface area contributed by atoms with Crippen molar-refractivity contribution in [3.63, 3.8) is 0 Å². The molecule has 1 heterocycles. The monoisotopic (exact) mass is 240 g/mol. The van der Waals surface area contributed by atoms with E-state index in [4.69, 9.17) is 17.3 Å². The van der Waals surface area contributed by atoms with E-state index in [-0.39, 0.29) is 17.6 Å². The van der Waals surface area contributed by atoms with E-state index in [0.717, 1.165) is 18.7 Å². The highest BCUT2D eigenvalue weighted by Crippen LogP contribution is 2.32. The van der Waals surface area contributed by atoms with Crippen LogP contribution in [-0.2, 0) is 4.79 Å². The van der Waals surface area contributed by atoms with Gasteiger partial charge in [0, 0.05) is 19.2 Å². The van der Waals surface area contributed by atoms with E-state index >= 15 is 0 Å². The van der Waals surface area contributed by atoms with E-state index in [2.05, 4.69) is 0 Å². The average molecular weight is 241 g/mol. The first-order valence-electron chi connectivity index (χ1n) is 5.10. The highest BCUT2D eigenvalue weighted by molar-refractivity contribution is 6.33. The molecule has 0 saturated carbocycles. The number of primary amides is 1. The predicted molar refractivity (Wildman–Crippen MR) is 62.6 cm³/mol. The lowest BCUT2D eigenvalue weighted by atomic mass is 10.1. The molecule has 2 rings (SSSR count). The molecule has 4 nitrogen and oxygen atoms in total. The third-order valence-electron chi connectivity index (χ3n) is 2.86. The average Bonchev–Trinajstić information content (AvgIpc) is 2.70. The SMILES string of the molecule is NC(=O)C1CCN(c2cc(O)ccc2Cl)C1. The maximum absolute atomic E-state index is 11.0. The van der Waals surface area contributed by atoms with Crippen molar-refractivity contribution in [1.82, 2.24) is 0 Å². The maximum atomic E-state index is 11.0. The Kier molecular flexibility index (Phi) is 2.92. The van der Waals surface area contributed by atoms with Gasteiger partial charge in [-0.25, -0.2) is 0 Å². The van der Waals surface area contributed by atoms with E-state index in [1.165, 1.54) is 6.07 Å². The smallest absolute Gasteiger partial charge is 0.222 e. The standard InChI is InChI=1S/C11H13ClN2O2/c12-9-2-1-8(15)5-10(9)14-4-3-7(6-14)11(13)16/h1-2,5,7,15H,3-4,6H2,(H2,13,16). The number of benzene rings is 1. The zero-order chi connectivity index (χ0) is 11.7. The molecule has 1 fully saturated rings. The normalized spacial score (nSPS) is 20.1. The molecule has 0 radical (unpaired) electrons. The number of halogens is 1. The number of hydrogen-bond acceptors (Lipinski definition) is 3. The number of aromatic hydroxyl groups is 1. The van der Waals surface area contributed by atoms with Gasteiger partial charge in [0.25, 0.3) is 0 Å². The molecule has 16 heavy (non-hydrogen) atoms. The van der Waals surface area contributed by atoms with Gasteiger partial charge >= 0.3 is 0 Å². The first kappa shape index (κ1) is 11.1. The van der Waals surface area contributed by atoms with Crippen molar-refractivity contribution in [3.05, 3.63) is 23.2 Å². The second-order valence-electron chi connectivity index (χ2n) is 3.97. The van der Waals surface area contributed by atoms with E-state index in [1.54, 1.807) is 12.1 Å². The lowest BCUT2D eigenvalue weighted by Gasteiger charge is -2.19.